The maximum absolute atomic E-state index is 11.0. The molecule has 0 aliphatic carbocycles. The van der Waals surface area contributed by atoms with E-state index < -0.39 is 0 Å². The third-order valence-electron chi connectivity index (χ3n) is 1.91. The lowest BCUT2D eigenvalue weighted by molar-refractivity contribution is -0.139. The van der Waals surface area contributed by atoms with Crippen LogP contribution in [0, 0.1) is 11.3 Å². The number of nitrogens with zero attached hydrogens (tertiary/aromatic N) is 1. The molecule has 0 amide bonds. The van der Waals surface area contributed by atoms with E-state index in [0.717, 1.165) is 11.1 Å². The summed E-state index contributed by atoms with van der Waals surface area (Å²) in [5, 5.41) is 8.34. The summed E-state index contributed by atoms with van der Waals surface area (Å²) in [7, 11) is 1.37. The maximum Gasteiger partial charge on any atom is 0.309 e. The Kier molecular flexibility index (Phi) is 4.11. The van der Waals surface area contributed by atoms with Crippen molar-refractivity contribution in [3.8, 4) is 6.07 Å². The Morgan fingerprint density at radius 1 is 1.47 bits per heavy atom. The van der Waals surface area contributed by atoms with E-state index in [1.165, 1.54) is 13.2 Å². The third-order valence-corrected chi connectivity index (χ3v) is 1.91. The highest BCUT2D eigenvalue weighted by atomic mass is 16.5. The molecule has 0 saturated carbocycles. The van der Waals surface area contributed by atoms with Gasteiger partial charge in [0.25, 0.3) is 0 Å². The van der Waals surface area contributed by atoms with Crippen LogP contribution in [0.25, 0.3) is 6.08 Å². The number of allylic oxidation sites excluding steroid dienone is 1. The standard InChI is InChI=1S/C12H11NO2/c1-15-12(14)9-11-6-4-10(5-7-11)3-2-8-13/h2-7H,9H2,1H3/b3-2+. The van der Waals surface area contributed by atoms with Crippen LogP contribution in [0.4, 0.5) is 0 Å². The first kappa shape index (κ1) is 11.0. The Bertz CT molecular complexity index is 399. The molecule has 15 heavy (non-hydrogen) atoms. The van der Waals surface area contributed by atoms with Gasteiger partial charge < -0.3 is 4.74 Å². The molecule has 1 rings (SSSR count). The van der Waals surface area contributed by atoms with Gasteiger partial charge in [-0.2, -0.15) is 5.26 Å². The number of benzene rings is 1. The molecule has 1 aromatic carbocycles. The highest BCUT2D eigenvalue weighted by Crippen LogP contribution is 2.07. The van der Waals surface area contributed by atoms with Crippen LogP contribution in [0.5, 0.6) is 0 Å². The first-order valence-corrected chi connectivity index (χ1v) is 4.48. The molecule has 0 spiro atoms. The predicted molar refractivity (Wildman–Crippen MR) is 56.8 cm³/mol. The van der Waals surface area contributed by atoms with E-state index in [9.17, 15) is 4.79 Å². The minimum Gasteiger partial charge on any atom is -0.469 e. The molecular weight excluding hydrogens is 190 g/mol. The van der Waals surface area contributed by atoms with Gasteiger partial charge >= 0.3 is 5.97 Å². The smallest absolute Gasteiger partial charge is 0.309 e. The van der Waals surface area contributed by atoms with E-state index in [1.807, 2.05) is 30.3 Å². The zero-order valence-corrected chi connectivity index (χ0v) is 8.43. The number of hydrogen-bond acceptors (Lipinski definition) is 3. The molecule has 0 fully saturated rings. The maximum atomic E-state index is 11.0. The number of carbonyl (C=O) groups excluding carboxylic acids is 1. The quantitative estimate of drug-likeness (QED) is 0.554. The summed E-state index contributed by atoms with van der Waals surface area (Å²) in [6, 6.07) is 9.31. The van der Waals surface area contributed by atoms with E-state index in [-0.39, 0.29) is 12.4 Å². The SMILES string of the molecule is COC(=O)Cc1ccc(/C=C/C#N)cc1. The van der Waals surface area contributed by atoms with E-state index in [1.54, 1.807) is 6.08 Å². The fourth-order valence-corrected chi connectivity index (χ4v) is 1.12. The molecule has 0 N–H and O–H groups in total. The minimum atomic E-state index is -0.254. The summed E-state index contributed by atoms with van der Waals surface area (Å²) < 4.78 is 4.55. The topological polar surface area (TPSA) is 50.1 Å². The Morgan fingerprint density at radius 3 is 2.67 bits per heavy atom. The highest BCUT2D eigenvalue weighted by Gasteiger charge is 2.01. The summed E-state index contributed by atoms with van der Waals surface area (Å²) in [4.78, 5) is 11.0. The van der Waals surface area contributed by atoms with Gasteiger partial charge in [0.2, 0.25) is 0 Å². The van der Waals surface area contributed by atoms with Crippen LogP contribution in [-0.4, -0.2) is 13.1 Å². The Hall–Kier alpha value is -2.08. The number of hydrogen-bond donors (Lipinski definition) is 0. The van der Waals surface area contributed by atoms with Crippen molar-refractivity contribution >= 4 is 12.0 Å². The second kappa shape index (κ2) is 5.61. The molecule has 0 aliphatic heterocycles. The van der Waals surface area contributed by atoms with E-state index in [2.05, 4.69) is 4.74 Å². The van der Waals surface area contributed by atoms with Gasteiger partial charge in [0, 0.05) is 6.08 Å². The van der Waals surface area contributed by atoms with Crippen molar-refractivity contribution in [3.05, 3.63) is 41.5 Å². The van der Waals surface area contributed by atoms with Crippen molar-refractivity contribution in [2.24, 2.45) is 0 Å². The lowest BCUT2D eigenvalue weighted by atomic mass is 10.1. The van der Waals surface area contributed by atoms with Crippen molar-refractivity contribution < 1.29 is 9.53 Å². The number of carbonyl (C=O) groups is 1. The van der Waals surface area contributed by atoms with E-state index in [0.29, 0.717) is 0 Å². The Labute approximate surface area is 88.6 Å². The first-order valence-electron chi connectivity index (χ1n) is 4.48. The fourth-order valence-electron chi connectivity index (χ4n) is 1.12. The molecule has 0 aromatic heterocycles. The van der Waals surface area contributed by atoms with Gasteiger partial charge in [0.05, 0.1) is 19.6 Å². The van der Waals surface area contributed by atoms with Crippen molar-refractivity contribution in [2.45, 2.75) is 6.42 Å². The van der Waals surface area contributed by atoms with Crippen LogP contribution in [0.2, 0.25) is 0 Å². The molecule has 0 heterocycles. The van der Waals surface area contributed by atoms with Crippen molar-refractivity contribution in [2.75, 3.05) is 7.11 Å². The lowest BCUT2D eigenvalue weighted by Gasteiger charge is -2.00. The zero-order chi connectivity index (χ0) is 11.1. The zero-order valence-electron chi connectivity index (χ0n) is 8.43. The summed E-state index contributed by atoms with van der Waals surface area (Å²) >= 11 is 0. The molecule has 0 unspecified atom stereocenters. The third kappa shape index (κ3) is 3.65. The van der Waals surface area contributed by atoms with Crippen LogP contribution in [0.1, 0.15) is 11.1 Å². The van der Waals surface area contributed by atoms with E-state index >= 15 is 0 Å². The number of methoxy groups -OCH3 is 1. The molecular formula is C12H11NO2. The van der Waals surface area contributed by atoms with Gasteiger partial charge in [0.1, 0.15) is 0 Å². The van der Waals surface area contributed by atoms with Gasteiger partial charge in [-0.05, 0) is 17.2 Å². The van der Waals surface area contributed by atoms with Crippen LogP contribution >= 0.6 is 0 Å². The lowest BCUT2D eigenvalue weighted by Crippen LogP contribution is -2.03. The van der Waals surface area contributed by atoms with Gasteiger partial charge in [-0.15, -0.1) is 0 Å². The second-order valence-electron chi connectivity index (χ2n) is 2.96. The van der Waals surface area contributed by atoms with Crippen LogP contribution < -0.4 is 0 Å². The summed E-state index contributed by atoms with van der Waals surface area (Å²) in [6.45, 7) is 0. The number of esters is 1. The summed E-state index contributed by atoms with van der Waals surface area (Å²) in [6.07, 6.45) is 3.40. The van der Waals surface area contributed by atoms with Gasteiger partial charge in [0.15, 0.2) is 0 Å². The van der Waals surface area contributed by atoms with E-state index in [4.69, 9.17) is 5.26 Å². The van der Waals surface area contributed by atoms with Crippen LogP contribution in [0.15, 0.2) is 30.3 Å². The van der Waals surface area contributed by atoms with Gasteiger partial charge in [-0.3, -0.25) is 4.79 Å². The summed E-state index contributed by atoms with van der Waals surface area (Å²) in [5.41, 5.74) is 1.83. The number of nitriles is 1. The van der Waals surface area contributed by atoms with Crippen LogP contribution in [-0.2, 0) is 16.0 Å². The van der Waals surface area contributed by atoms with Crippen LogP contribution in [0.3, 0.4) is 0 Å². The van der Waals surface area contributed by atoms with Gasteiger partial charge in [-0.1, -0.05) is 24.3 Å². The Morgan fingerprint density at radius 2 is 2.13 bits per heavy atom. The van der Waals surface area contributed by atoms with Crippen molar-refractivity contribution in [1.82, 2.24) is 0 Å². The fraction of sp³-hybridized carbons (Fsp3) is 0.167. The molecule has 0 saturated heterocycles. The largest absolute Gasteiger partial charge is 0.469 e. The molecule has 3 heteroatoms. The minimum absolute atomic E-state index is 0.254. The predicted octanol–water partition coefficient (Wildman–Crippen LogP) is 1.94. The average Bonchev–Trinajstić information content (AvgIpc) is 2.28. The van der Waals surface area contributed by atoms with Crippen molar-refractivity contribution in [1.29, 1.82) is 5.26 Å². The monoisotopic (exact) mass is 201 g/mol. The molecule has 76 valence electrons. The normalized spacial score (nSPS) is 9.87. The van der Waals surface area contributed by atoms with Gasteiger partial charge in [-0.25, -0.2) is 0 Å². The number of ether oxygens (including phenoxy) is 1. The molecule has 1 aromatic rings. The molecule has 0 aliphatic rings. The molecule has 0 bridgehead atoms. The molecule has 0 atom stereocenters. The average molecular weight is 201 g/mol. The molecule has 0 radical (unpaired) electrons. The molecule has 3 nitrogen and oxygen atoms in total. The van der Waals surface area contributed by atoms with Crippen molar-refractivity contribution in [3.63, 3.8) is 0 Å². The number of rotatable bonds is 3. The Balaban J connectivity index is 2.69. The first-order chi connectivity index (χ1) is 7.26. The highest BCUT2D eigenvalue weighted by molar-refractivity contribution is 5.72. The second-order valence-corrected chi connectivity index (χ2v) is 2.96. The summed E-state index contributed by atoms with van der Waals surface area (Å²) in [5.74, 6) is -0.254.